The molecule has 0 saturated carbocycles. The van der Waals surface area contributed by atoms with E-state index in [9.17, 15) is 0 Å². The summed E-state index contributed by atoms with van der Waals surface area (Å²) in [7, 11) is 0. The van der Waals surface area contributed by atoms with Gasteiger partial charge in [0, 0.05) is 0 Å². The van der Waals surface area contributed by atoms with Gasteiger partial charge in [0.2, 0.25) is 0 Å². The molecule has 0 atom stereocenters. The Bertz CT molecular complexity index is 191. The van der Waals surface area contributed by atoms with Crippen molar-refractivity contribution in [1.29, 1.82) is 0 Å². The van der Waals surface area contributed by atoms with Gasteiger partial charge in [-0.25, -0.2) is 0 Å². The van der Waals surface area contributed by atoms with Gasteiger partial charge in [0.25, 0.3) is 0 Å². The third kappa shape index (κ3) is 14.3. The molecule has 0 aliphatic heterocycles. The van der Waals surface area contributed by atoms with Crippen molar-refractivity contribution in [3.63, 3.8) is 0 Å². The molecule has 0 fully saturated rings. The molecule has 68 valence electrons. The normalized spacial score (nSPS) is 6.40. The van der Waals surface area contributed by atoms with E-state index in [4.69, 9.17) is 0 Å². The minimum absolute atomic E-state index is 0. The molecule has 0 nitrogen and oxygen atoms in total. The average molecular weight is 265 g/mol. The maximum absolute atomic E-state index is 2.89. The van der Waals surface area contributed by atoms with E-state index in [1.54, 1.807) is 0 Å². The van der Waals surface area contributed by atoms with Crippen molar-refractivity contribution in [2.24, 2.45) is 0 Å². The van der Waals surface area contributed by atoms with Crippen LogP contribution in [0.4, 0.5) is 0 Å². The van der Waals surface area contributed by atoms with Crippen LogP contribution < -0.4 is 35.8 Å². The van der Waals surface area contributed by atoms with E-state index >= 15 is 0 Å². The Morgan fingerprint density at radius 1 is 0.533 bits per heavy atom. The summed E-state index contributed by atoms with van der Waals surface area (Å²) < 4.78 is 0. The van der Waals surface area contributed by atoms with Gasteiger partial charge < -0.3 is 17.0 Å². The van der Waals surface area contributed by atoms with Gasteiger partial charge in [0.15, 0.2) is 0 Å². The Balaban J connectivity index is -0.000000160. The minimum Gasteiger partial charge on any atom is -1.00 e. The Labute approximate surface area is 131 Å². The Kier molecular flexibility index (Phi) is 23.0. The molecule has 0 N–H and O–H groups in total. The quantitative estimate of drug-likeness (QED) is 0.344. The van der Waals surface area contributed by atoms with Crippen molar-refractivity contribution >= 4 is 23.1 Å². The summed E-state index contributed by atoms with van der Waals surface area (Å²) in [5.41, 5.74) is 0. The Morgan fingerprint density at radius 3 is 0.867 bits per heavy atom. The first-order valence-electron chi connectivity index (χ1n) is 3.82. The molecule has 3 heteroatoms. The van der Waals surface area contributed by atoms with Crippen LogP contribution in [-0.2, 0) is 0 Å². The number of hydrogen-bond acceptors (Lipinski definition) is 0. The second kappa shape index (κ2) is 16.7. The molecule has 0 heterocycles. The molecule has 2 rings (SSSR count). The van der Waals surface area contributed by atoms with E-state index in [1.165, 1.54) is 0 Å². The molecule has 2 aromatic carbocycles. The number of hydrogen-bond donors (Lipinski definition) is 0. The summed E-state index contributed by atoms with van der Waals surface area (Å²) in [5.74, 6) is 0. The molecule has 0 aliphatic carbocycles. The van der Waals surface area contributed by atoms with Crippen LogP contribution in [0.15, 0.2) is 60.7 Å². The van der Waals surface area contributed by atoms with E-state index in [0.29, 0.717) is 0 Å². The van der Waals surface area contributed by atoms with Crippen LogP contribution in [0.2, 0.25) is 0 Å². The largest absolute Gasteiger partial charge is 2.00 e. The third-order valence-electron chi connectivity index (χ3n) is 1.21. The monoisotopic (exact) mass is 264 g/mol. The Hall–Kier alpha value is 0.284. The molecule has 0 spiro atoms. The van der Waals surface area contributed by atoms with Crippen LogP contribution in [0.1, 0.15) is 0 Å². The average Bonchev–Trinajstić information content (AvgIpc) is 2.24. The van der Waals surface area contributed by atoms with Gasteiger partial charge in [-0.15, -0.1) is 0 Å². The van der Waals surface area contributed by atoms with Gasteiger partial charge >= 0.3 is 41.9 Å². The second-order valence-corrected chi connectivity index (χ2v) is 2.15. The van der Waals surface area contributed by atoms with E-state index in [0.717, 1.165) is 0 Å². The molecule has 0 radical (unpaired) electrons. The maximum Gasteiger partial charge on any atom is 2.00 e. The SMILES string of the molecule is [Br-].[Li+].[Mg+2].[c-]1ccccc1.[c-]1ccccc1. The fourth-order valence-corrected chi connectivity index (χ4v) is 0.684. The van der Waals surface area contributed by atoms with Crippen LogP contribution in [0.25, 0.3) is 0 Å². The zero-order chi connectivity index (χ0) is 8.49. The fourth-order valence-electron chi connectivity index (χ4n) is 0.684. The second-order valence-electron chi connectivity index (χ2n) is 2.15. The summed E-state index contributed by atoms with van der Waals surface area (Å²) in [4.78, 5) is 0. The van der Waals surface area contributed by atoms with Crippen LogP contribution >= 0.6 is 0 Å². The van der Waals surface area contributed by atoms with Crippen molar-refractivity contribution in [2.45, 2.75) is 0 Å². The summed E-state index contributed by atoms with van der Waals surface area (Å²) in [6, 6.07) is 25.0. The summed E-state index contributed by atoms with van der Waals surface area (Å²) in [5, 5.41) is 0. The number of benzene rings is 2. The van der Waals surface area contributed by atoms with E-state index in [-0.39, 0.29) is 58.9 Å². The molecule has 15 heavy (non-hydrogen) atoms. The van der Waals surface area contributed by atoms with Gasteiger partial charge in [-0.05, 0) is 0 Å². The first kappa shape index (κ1) is 20.7. The zero-order valence-corrected chi connectivity index (χ0v) is 11.9. The van der Waals surface area contributed by atoms with Gasteiger partial charge in [-0.3, -0.25) is 0 Å². The molecule has 2 aromatic rings. The van der Waals surface area contributed by atoms with Crippen LogP contribution in [-0.4, -0.2) is 23.1 Å². The van der Waals surface area contributed by atoms with Crippen LogP contribution in [0, 0.1) is 12.1 Å². The smallest absolute Gasteiger partial charge is 1.00 e. The van der Waals surface area contributed by atoms with E-state index in [1.807, 2.05) is 60.7 Å². The van der Waals surface area contributed by atoms with Crippen LogP contribution in [0.3, 0.4) is 0 Å². The summed E-state index contributed by atoms with van der Waals surface area (Å²) in [6.07, 6.45) is 0. The predicted molar refractivity (Wildman–Crippen MR) is 56.3 cm³/mol. The molecule has 0 aromatic heterocycles. The van der Waals surface area contributed by atoms with Gasteiger partial charge in [-0.2, -0.15) is 72.8 Å². The van der Waals surface area contributed by atoms with Gasteiger partial charge in [0.05, 0.1) is 0 Å². The minimum atomic E-state index is 0. The molecule has 0 aliphatic rings. The molecular weight excluding hydrogens is 255 g/mol. The van der Waals surface area contributed by atoms with Crippen molar-refractivity contribution in [1.82, 2.24) is 0 Å². The van der Waals surface area contributed by atoms with Crippen molar-refractivity contribution in [3.05, 3.63) is 72.8 Å². The van der Waals surface area contributed by atoms with Crippen molar-refractivity contribution in [2.75, 3.05) is 0 Å². The van der Waals surface area contributed by atoms with E-state index < -0.39 is 0 Å². The predicted octanol–water partition coefficient (Wildman–Crippen LogP) is -3.40. The third-order valence-corrected chi connectivity index (χ3v) is 1.21. The fraction of sp³-hybridized carbons (Fsp3) is 0. The van der Waals surface area contributed by atoms with Gasteiger partial charge in [0.1, 0.15) is 0 Å². The molecule has 0 unspecified atom stereocenters. The van der Waals surface area contributed by atoms with Crippen molar-refractivity contribution in [3.8, 4) is 0 Å². The Morgan fingerprint density at radius 2 is 0.800 bits per heavy atom. The first-order chi connectivity index (χ1) is 6.00. The zero-order valence-electron chi connectivity index (χ0n) is 8.86. The molecule has 0 bridgehead atoms. The molecular formula is C12H10BrLiMg. The maximum atomic E-state index is 2.89. The number of rotatable bonds is 0. The molecule has 0 amide bonds. The summed E-state index contributed by atoms with van der Waals surface area (Å²) in [6.45, 7) is 0. The first-order valence-corrected chi connectivity index (χ1v) is 3.82. The van der Waals surface area contributed by atoms with E-state index in [2.05, 4.69) is 12.1 Å². The number of halogens is 1. The van der Waals surface area contributed by atoms with Crippen molar-refractivity contribution < 1.29 is 35.8 Å². The van der Waals surface area contributed by atoms with Crippen LogP contribution in [0.5, 0.6) is 0 Å². The molecule has 0 saturated heterocycles. The summed E-state index contributed by atoms with van der Waals surface area (Å²) >= 11 is 0. The standard InChI is InChI=1S/2C6H5.BrH.Li.Mg/c2*1-2-4-6-5-3-1;;;/h2*1-5H;1H;;/q2*-1;;+1;+2/p-1. The van der Waals surface area contributed by atoms with Gasteiger partial charge in [-0.1, -0.05) is 0 Å². The topological polar surface area (TPSA) is 0 Å².